The first-order chi connectivity index (χ1) is 10.3. The molecule has 0 unspecified atom stereocenters. The zero-order valence-corrected chi connectivity index (χ0v) is 12.7. The summed E-state index contributed by atoms with van der Waals surface area (Å²) < 4.78 is 40.1. The Labute approximate surface area is 131 Å². The van der Waals surface area contributed by atoms with E-state index in [1.807, 2.05) is 0 Å². The maximum Gasteiger partial charge on any atom is 0.335 e. The van der Waals surface area contributed by atoms with Crippen molar-refractivity contribution in [1.29, 1.82) is 0 Å². The van der Waals surface area contributed by atoms with E-state index in [4.69, 9.17) is 16.7 Å². The van der Waals surface area contributed by atoms with Gasteiger partial charge in [0.1, 0.15) is 10.7 Å². The van der Waals surface area contributed by atoms with E-state index in [0.29, 0.717) is 10.6 Å². The van der Waals surface area contributed by atoms with Gasteiger partial charge in [-0.1, -0.05) is 23.7 Å². The molecule has 2 aromatic rings. The van der Waals surface area contributed by atoms with Crippen LogP contribution in [0.1, 0.15) is 15.9 Å². The van der Waals surface area contributed by atoms with Gasteiger partial charge in [-0.05, 0) is 35.9 Å². The maximum absolute atomic E-state index is 13.7. The van der Waals surface area contributed by atoms with Gasteiger partial charge in [0.2, 0.25) is 10.0 Å². The lowest BCUT2D eigenvalue weighted by molar-refractivity contribution is 0.0696. The van der Waals surface area contributed by atoms with Crippen LogP contribution in [0.3, 0.4) is 0 Å². The summed E-state index contributed by atoms with van der Waals surface area (Å²) in [5.74, 6) is -2.36. The van der Waals surface area contributed by atoms with Crippen LogP contribution in [0.2, 0.25) is 5.02 Å². The number of carboxylic acid groups (broad SMARTS) is 1. The highest BCUT2D eigenvalue weighted by Crippen LogP contribution is 2.17. The molecule has 0 atom stereocenters. The average molecular weight is 344 g/mol. The Bertz CT molecular complexity index is 806. The standard InChI is InChI=1S/C14H11ClFNO4S/c15-11-4-1-9(2-5-11)8-17-22(20,21)13-7-10(14(18)19)3-6-12(13)16/h1-7,17H,8H2,(H,18,19). The molecule has 0 radical (unpaired) electrons. The fraction of sp³-hybridized carbons (Fsp3) is 0.0714. The monoisotopic (exact) mass is 343 g/mol. The number of aromatic carboxylic acids is 1. The summed E-state index contributed by atoms with van der Waals surface area (Å²) in [5.41, 5.74) is 0.316. The van der Waals surface area contributed by atoms with Gasteiger partial charge in [-0.2, -0.15) is 0 Å². The molecule has 0 aliphatic carbocycles. The van der Waals surface area contributed by atoms with E-state index in [-0.39, 0.29) is 12.1 Å². The van der Waals surface area contributed by atoms with Crippen LogP contribution in [0, 0.1) is 5.82 Å². The second-order valence-electron chi connectivity index (χ2n) is 4.40. The summed E-state index contributed by atoms with van der Waals surface area (Å²) in [6.45, 7) is -0.0732. The summed E-state index contributed by atoms with van der Waals surface area (Å²) in [6.07, 6.45) is 0. The molecular formula is C14H11ClFNO4S. The van der Waals surface area contributed by atoms with Gasteiger partial charge in [0.15, 0.2) is 0 Å². The lowest BCUT2D eigenvalue weighted by atomic mass is 10.2. The number of hydrogen-bond donors (Lipinski definition) is 2. The molecule has 0 bridgehead atoms. The molecule has 0 saturated heterocycles. The van der Waals surface area contributed by atoms with Gasteiger partial charge in [-0.15, -0.1) is 0 Å². The van der Waals surface area contributed by atoms with Gasteiger partial charge in [-0.3, -0.25) is 0 Å². The van der Waals surface area contributed by atoms with Crippen LogP contribution in [0.15, 0.2) is 47.4 Å². The molecule has 8 heteroatoms. The molecular weight excluding hydrogens is 333 g/mol. The van der Waals surface area contributed by atoms with Gasteiger partial charge >= 0.3 is 5.97 Å². The third-order valence-electron chi connectivity index (χ3n) is 2.85. The molecule has 0 spiro atoms. The molecule has 2 aromatic carbocycles. The number of nitrogens with one attached hydrogen (secondary N) is 1. The molecule has 0 fully saturated rings. The van der Waals surface area contributed by atoms with Crippen molar-refractivity contribution in [2.24, 2.45) is 0 Å². The smallest absolute Gasteiger partial charge is 0.335 e. The highest BCUT2D eigenvalue weighted by Gasteiger charge is 2.20. The maximum atomic E-state index is 13.7. The Balaban J connectivity index is 2.25. The van der Waals surface area contributed by atoms with E-state index in [2.05, 4.69) is 4.72 Å². The molecule has 0 saturated carbocycles. The Morgan fingerprint density at radius 1 is 1.18 bits per heavy atom. The van der Waals surface area contributed by atoms with Crippen molar-refractivity contribution in [3.63, 3.8) is 0 Å². The van der Waals surface area contributed by atoms with Crippen LogP contribution < -0.4 is 4.72 Å². The average Bonchev–Trinajstić information content (AvgIpc) is 2.46. The predicted molar refractivity (Wildman–Crippen MR) is 78.8 cm³/mol. The largest absolute Gasteiger partial charge is 0.478 e. The normalized spacial score (nSPS) is 11.4. The number of halogens is 2. The molecule has 0 amide bonds. The van der Waals surface area contributed by atoms with Crippen molar-refractivity contribution < 1.29 is 22.7 Å². The minimum atomic E-state index is -4.18. The zero-order valence-electron chi connectivity index (χ0n) is 11.1. The topological polar surface area (TPSA) is 83.5 Å². The van der Waals surface area contributed by atoms with Crippen molar-refractivity contribution in [3.05, 3.63) is 64.4 Å². The van der Waals surface area contributed by atoms with Crippen LogP contribution in [-0.4, -0.2) is 19.5 Å². The number of sulfonamides is 1. The fourth-order valence-corrected chi connectivity index (χ4v) is 2.95. The first kappa shape index (κ1) is 16.4. The lowest BCUT2D eigenvalue weighted by Crippen LogP contribution is -2.24. The number of hydrogen-bond acceptors (Lipinski definition) is 3. The minimum Gasteiger partial charge on any atom is -0.478 e. The number of benzene rings is 2. The van der Waals surface area contributed by atoms with Gasteiger partial charge < -0.3 is 5.11 Å². The zero-order chi connectivity index (χ0) is 16.3. The summed E-state index contributed by atoms with van der Waals surface area (Å²) >= 11 is 5.72. The Hall–Kier alpha value is -1.96. The molecule has 0 aliphatic rings. The number of rotatable bonds is 5. The summed E-state index contributed by atoms with van der Waals surface area (Å²) in [5, 5.41) is 9.36. The molecule has 2 N–H and O–H groups in total. The van der Waals surface area contributed by atoms with E-state index >= 15 is 0 Å². The van der Waals surface area contributed by atoms with Crippen LogP contribution in [0.5, 0.6) is 0 Å². The summed E-state index contributed by atoms with van der Waals surface area (Å²) in [4.78, 5) is 10.1. The summed E-state index contributed by atoms with van der Waals surface area (Å²) in [7, 11) is -4.18. The van der Waals surface area contributed by atoms with Crippen LogP contribution in [0.4, 0.5) is 4.39 Å². The molecule has 116 valence electrons. The molecule has 0 heterocycles. The Morgan fingerprint density at radius 2 is 1.82 bits per heavy atom. The van der Waals surface area contributed by atoms with Crippen molar-refractivity contribution in [1.82, 2.24) is 4.72 Å². The molecule has 22 heavy (non-hydrogen) atoms. The Morgan fingerprint density at radius 3 is 2.41 bits per heavy atom. The molecule has 0 aliphatic heterocycles. The van der Waals surface area contributed by atoms with Crippen molar-refractivity contribution in [2.45, 2.75) is 11.4 Å². The predicted octanol–water partition coefficient (Wildman–Crippen LogP) is 2.66. The van der Waals surface area contributed by atoms with Crippen molar-refractivity contribution in [2.75, 3.05) is 0 Å². The van der Waals surface area contributed by atoms with E-state index in [1.165, 1.54) is 0 Å². The second-order valence-corrected chi connectivity index (χ2v) is 6.57. The molecule has 5 nitrogen and oxygen atoms in total. The van der Waals surface area contributed by atoms with E-state index in [1.54, 1.807) is 24.3 Å². The van der Waals surface area contributed by atoms with Crippen molar-refractivity contribution in [3.8, 4) is 0 Å². The van der Waals surface area contributed by atoms with E-state index < -0.39 is 26.7 Å². The third kappa shape index (κ3) is 3.82. The van der Waals surface area contributed by atoms with Crippen LogP contribution in [0.25, 0.3) is 0 Å². The number of carboxylic acids is 1. The molecule has 0 aromatic heterocycles. The van der Waals surface area contributed by atoms with Crippen LogP contribution in [-0.2, 0) is 16.6 Å². The number of carbonyl (C=O) groups is 1. The highest BCUT2D eigenvalue weighted by molar-refractivity contribution is 7.89. The summed E-state index contributed by atoms with van der Waals surface area (Å²) in [6, 6.07) is 9.01. The Kier molecular flexibility index (Phi) is 4.80. The molecule has 2 rings (SSSR count). The highest BCUT2D eigenvalue weighted by atomic mass is 35.5. The second kappa shape index (κ2) is 6.43. The van der Waals surface area contributed by atoms with Gasteiger partial charge in [0.05, 0.1) is 5.56 Å². The van der Waals surface area contributed by atoms with Gasteiger partial charge in [0.25, 0.3) is 0 Å². The lowest BCUT2D eigenvalue weighted by Gasteiger charge is -2.08. The van der Waals surface area contributed by atoms with E-state index in [9.17, 15) is 17.6 Å². The third-order valence-corrected chi connectivity index (χ3v) is 4.52. The van der Waals surface area contributed by atoms with Crippen LogP contribution >= 0.6 is 11.6 Å². The van der Waals surface area contributed by atoms with E-state index in [0.717, 1.165) is 18.2 Å². The SMILES string of the molecule is O=C(O)c1ccc(F)c(S(=O)(=O)NCc2ccc(Cl)cc2)c1. The first-order valence-corrected chi connectivity index (χ1v) is 7.92. The van der Waals surface area contributed by atoms with Gasteiger partial charge in [-0.25, -0.2) is 22.3 Å². The first-order valence-electron chi connectivity index (χ1n) is 6.06. The van der Waals surface area contributed by atoms with Crippen molar-refractivity contribution >= 4 is 27.6 Å². The fourth-order valence-electron chi connectivity index (χ4n) is 1.70. The quantitative estimate of drug-likeness (QED) is 0.874. The minimum absolute atomic E-state index is 0.0732. The van der Waals surface area contributed by atoms with Gasteiger partial charge in [0, 0.05) is 11.6 Å².